The minimum Gasteiger partial charge on any atom is -0.451 e. The Morgan fingerprint density at radius 3 is 2.41 bits per heavy atom. The lowest BCUT2D eigenvalue weighted by atomic mass is 9.65. The smallest absolute Gasteiger partial charge is 0.327 e. The van der Waals surface area contributed by atoms with Gasteiger partial charge in [0, 0.05) is 5.41 Å². The molecule has 1 aromatic rings. The molecular weight excluding hydrogens is 412 g/mol. The predicted molar refractivity (Wildman–Crippen MR) is 117 cm³/mol. The molecule has 1 spiro atoms. The number of hydrogen-bond acceptors (Lipinski definition) is 7. The minimum absolute atomic E-state index is 0.175. The highest BCUT2D eigenvalue weighted by molar-refractivity contribution is 6.08. The van der Waals surface area contributed by atoms with Crippen LogP contribution in [-0.4, -0.2) is 45.0 Å². The second-order valence-electron chi connectivity index (χ2n) is 10.9. The van der Waals surface area contributed by atoms with E-state index in [0.717, 1.165) is 24.2 Å². The van der Waals surface area contributed by atoms with E-state index in [2.05, 4.69) is 36.2 Å². The molecule has 0 aromatic carbocycles. The Bertz CT molecular complexity index is 877. The number of hydrogen-bond donors (Lipinski definition) is 1. The Morgan fingerprint density at radius 1 is 1.25 bits per heavy atom. The number of carbonyl (C=O) groups is 3. The summed E-state index contributed by atoms with van der Waals surface area (Å²) in [5, 5.41) is 6.78. The second-order valence-corrected chi connectivity index (χ2v) is 10.9. The number of nitrogens with zero attached hydrogens (tertiary/aromatic N) is 3. The summed E-state index contributed by atoms with van der Waals surface area (Å²) in [6, 6.07) is -0.541. The molecule has 2 aliphatic rings. The standard InChI is InChI=1S/C23H36N4O5/c1-8-22(6,7)15-9-11-23(12-10-15)19(29)27(20(30)25-23)13-16(28)31-14(2)17-24-18(26-32-17)21(3,4)5/h14-15H,8-13H2,1-7H3,(H,25,30). The summed E-state index contributed by atoms with van der Waals surface area (Å²) in [5.41, 5.74) is -1.00. The van der Waals surface area contributed by atoms with E-state index in [0.29, 0.717) is 24.6 Å². The van der Waals surface area contributed by atoms with E-state index in [9.17, 15) is 14.4 Å². The third-order valence-electron chi connectivity index (χ3n) is 7.16. The molecule has 0 bridgehead atoms. The second kappa shape index (κ2) is 8.48. The average molecular weight is 449 g/mol. The zero-order valence-electron chi connectivity index (χ0n) is 20.3. The van der Waals surface area contributed by atoms with Crippen LogP contribution in [0.5, 0.6) is 0 Å². The fourth-order valence-electron chi connectivity index (χ4n) is 4.46. The molecule has 1 saturated carbocycles. The Balaban J connectivity index is 1.60. The van der Waals surface area contributed by atoms with E-state index >= 15 is 0 Å². The van der Waals surface area contributed by atoms with Gasteiger partial charge >= 0.3 is 12.0 Å². The van der Waals surface area contributed by atoms with E-state index in [1.165, 1.54) is 0 Å². The quantitative estimate of drug-likeness (QED) is 0.518. The Kier molecular flexibility index (Phi) is 6.41. The van der Waals surface area contributed by atoms with Crippen LogP contribution >= 0.6 is 0 Å². The van der Waals surface area contributed by atoms with Crippen LogP contribution in [0.2, 0.25) is 0 Å². The molecule has 1 unspecified atom stereocenters. The van der Waals surface area contributed by atoms with Gasteiger partial charge in [0.05, 0.1) is 0 Å². The molecule has 0 radical (unpaired) electrons. The summed E-state index contributed by atoms with van der Waals surface area (Å²) < 4.78 is 10.6. The molecular formula is C23H36N4O5. The molecule has 178 valence electrons. The maximum atomic E-state index is 13.1. The molecule has 1 atom stereocenters. The van der Waals surface area contributed by atoms with E-state index in [1.807, 2.05) is 20.8 Å². The van der Waals surface area contributed by atoms with Crippen molar-refractivity contribution in [3.63, 3.8) is 0 Å². The van der Waals surface area contributed by atoms with Gasteiger partial charge in [0.15, 0.2) is 11.9 Å². The van der Waals surface area contributed by atoms with Crippen molar-refractivity contribution in [1.29, 1.82) is 0 Å². The molecule has 3 rings (SSSR count). The SMILES string of the molecule is CCC(C)(C)C1CCC2(CC1)NC(=O)N(CC(=O)OC(C)c1nc(C(C)(C)C)no1)C2=O. The van der Waals surface area contributed by atoms with Crippen molar-refractivity contribution in [2.24, 2.45) is 11.3 Å². The van der Waals surface area contributed by atoms with Gasteiger partial charge < -0.3 is 14.6 Å². The predicted octanol–water partition coefficient (Wildman–Crippen LogP) is 3.89. The summed E-state index contributed by atoms with van der Waals surface area (Å²) in [6.45, 7) is 13.7. The number of imide groups is 1. The van der Waals surface area contributed by atoms with Gasteiger partial charge in [-0.2, -0.15) is 4.98 Å². The molecule has 1 aliphatic carbocycles. The van der Waals surface area contributed by atoms with Crippen LogP contribution in [0.1, 0.15) is 98.4 Å². The highest BCUT2D eigenvalue weighted by Gasteiger charge is 2.54. The van der Waals surface area contributed by atoms with Gasteiger partial charge in [0.25, 0.3) is 11.8 Å². The van der Waals surface area contributed by atoms with Crippen LogP contribution in [0.25, 0.3) is 0 Å². The van der Waals surface area contributed by atoms with Crippen molar-refractivity contribution in [3.05, 3.63) is 11.7 Å². The largest absolute Gasteiger partial charge is 0.451 e. The van der Waals surface area contributed by atoms with Crippen LogP contribution in [0.3, 0.4) is 0 Å². The number of carbonyl (C=O) groups excluding carboxylic acids is 3. The topological polar surface area (TPSA) is 115 Å². The Labute approximate surface area is 189 Å². The van der Waals surface area contributed by atoms with E-state index in [4.69, 9.17) is 9.26 Å². The minimum atomic E-state index is -0.905. The lowest BCUT2D eigenvalue weighted by Gasteiger charge is -2.42. The lowest BCUT2D eigenvalue weighted by Crippen LogP contribution is -2.51. The van der Waals surface area contributed by atoms with Crippen molar-refractivity contribution >= 4 is 17.9 Å². The lowest BCUT2D eigenvalue weighted by molar-refractivity contribution is -0.153. The third-order valence-corrected chi connectivity index (χ3v) is 7.16. The first kappa shape index (κ1) is 24.2. The van der Waals surface area contributed by atoms with Gasteiger partial charge in [-0.25, -0.2) is 4.79 Å². The van der Waals surface area contributed by atoms with Crippen molar-refractivity contribution in [3.8, 4) is 0 Å². The van der Waals surface area contributed by atoms with Gasteiger partial charge in [-0.3, -0.25) is 14.5 Å². The molecule has 2 heterocycles. The fourth-order valence-corrected chi connectivity index (χ4v) is 4.46. The van der Waals surface area contributed by atoms with Crippen molar-refractivity contribution in [2.45, 2.75) is 97.6 Å². The first-order chi connectivity index (χ1) is 14.8. The highest BCUT2D eigenvalue weighted by Crippen LogP contribution is 2.45. The molecule has 9 nitrogen and oxygen atoms in total. The first-order valence-corrected chi connectivity index (χ1v) is 11.5. The van der Waals surface area contributed by atoms with Crippen molar-refractivity contribution in [2.75, 3.05) is 6.54 Å². The number of nitrogens with one attached hydrogen (secondary N) is 1. The molecule has 32 heavy (non-hydrogen) atoms. The van der Waals surface area contributed by atoms with Crippen LogP contribution in [0.15, 0.2) is 4.52 Å². The fraction of sp³-hybridized carbons (Fsp3) is 0.783. The van der Waals surface area contributed by atoms with Crippen LogP contribution in [0, 0.1) is 11.3 Å². The molecule has 1 saturated heterocycles. The van der Waals surface area contributed by atoms with Gasteiger partial charge in [-0.1, -0.05) is 53.1 Å². The molecule has 9 heteroatoms. The molecule has 1 aliphatic heterocycles. The number of aromatic nitrogens is 2. The zero-order valence-corrected chi connectivity index (χ0v) is 20.3. The molecule has 2 fully saturated rings. The third kappa shape index (κ3) is 4.66. The van der Waals surface area contributed by atoms with E-state index in [1.54, 1.807) is 6.92 Å². The normalized spacial score (nSPS) is 25.2. The van der Waals surface area contributed by atoms with E-state index in [-0.39, 0.29) is 22.6 Å². The number of rotatable bonds is 6. The van der Waals surface area contributed by atoms with Crippen molar-refractivity contribution < 1.29 is 23.6 Å². The summed E-state index contributed by atoms with van der Waals surface area (Å²) in [6.07, 6.45) is 3.20. The van der Waals surface area contributed by atoms with Gasteiger partial charge in [-0.05, 0) is 43.9 Å². The monoisotopic (exact) mass is 448 g/mol. The van der Waals surface area contributed by atoms with E-state index < -0.39 is 30.2 Å². The van der Waals surface area contributed by atoms with Crippen LogP contribution in [0.4, 0.5) is 4.79 Å². The maximum absolute atomic E-state index is 13.1. The summed E-state index contributed by atoms with van der Waals surface area (Å²) in [5.74, 6) is 0.152. The molecule has 1 aromatic heterocycles. The van der Waals surface area contributed by atoms with Crippen molar-refractivity contribution in [1.82, 2.24) is 20.4 Å². The van der Waals surface area contributed by atoms with Gasteiger partial charge in [0.1, 0.15) is 12.1 Å². The van der Waals surface area contributed by atoms with Gasteiger partial charge in [0.2, 0.25) is 0 Å². The Morgan fingerprint density at radius 2 is 1.88 bits per heavy atom. The number of urea groups is 1. The average Bonchev–Trinajstić information content (AvgIpc) is 3.29. The maximum Gasteiger partial charge on any atom is 0.327 e. The van der Waals surface area contributed by atoms with Crippen LogP contribution < -0.4 is 5.32 Å². The molecule has 3 amide bonds. The zero-order chi connectivity index (χ0) is 23.9. The number of ether oxygens (including phenoxy) is 1. The summed E-state index contributed by atoms with van der Waals surface area (Å²) >= 11 is 0. The number of esters is 1. The van der Waals surface area contributed by atoms with Crippen LogP contribution in [-0.2, 0) is 19.7 Å². The highest BCUT2D eigenvalue weighted by atomic mass is 16.6. The first-order valence-electron chi connectivity index (χ1n) is 11.5. The Hall–Kier alpha value is -2.45. The summed E-state index contributed by atoms with van der Waals surface area (Å²) in [7, 11) is 0. The number of amides is 3. The molecule has 1 N–H and O–H groups in total. The summed E-state index contributed by atoms with van der Waals surface area (Å²) in [4.78, 5) is 43.4. The van der Waals surface area contributed by atoms with Gasteiger partial charge in [-0.15, -0.1) is 0 Å².